The summed E-state index contributed by atoms with van der Waals surface area (Å²) in [5, 5.41) is 14.1. The van der Waals surface area contributed by atoms with Crippen LogP contribution in [0, 0.1) is 0 Å². The van der Waals surface area contributed by atoms with Crippen molar-refractivity contribution in [3.8, 4) is 5.75 Å². The number of halogens is 1. The van der Waals surface area contributed by atoms with Crippen LogP contribution in [0.4, 0.5) is 5.69 Å². The van der Waals surface area contributed by atoms with Crippen molar-refractivity contribution in [2.24, 2.45) is 0 Å². The Hall–Kier alpha value is -2.44. The topological polar surface area (TPSA) is 87.5 Å². The number of nitrogens with one attached hydrogen (secondary N) is 2. The molecular formula is C19H21ClN2O4. The summed E-state index contributed by atoms with van der Waals surface area (Å²) in [6, 6.07) is 12.7. The van der Waals surface area contributed by atoms with Crippen molar-refractivity contribution < 1.29 is 14.3 Å². The van der Waals surface area contributed by atoms with E-state index in [1.54, 1.807) is 18.2 Å². The van der Waals surface area contributed by atoms with Crippen LogP contribution in [0.2, 0.25) is 5.02 Å². The first-order chi connectivity index (χ1) is 12.6. The molecular weight excluding hydrogens is 356 g/mol. The fourth-order valence-electron chi connectivity index (χ4n) is 2.60. The maximum atomic E-state index is 11.1. The van der Waals surface area contributed by atoms with Gasteiger partial charge in [0, 0.05) is 23.3 Å². The van der Waals surface area contributed by atoms with Gasteiger partial charge in [-0.1, -0.05) is 11.6 Å². The van der Waals surface area contributed by atoms with Crippen LogP contribution in [-0.2, 0) is 0 Å². The minimum Gasteiger partial charge on any atom is -0.491 e. The zero-order valence-electron chi connectivity index (χ0n) is 14.2. The summed E-state index contributed by atoms with van der Waals surface area (Å²) in [7, 11) is 0. The molecule has 1 unspecified atom stereocenters. The van der Waals surface area contributed by atoms with E-state index < -0.39 is 11.9 Å². The van der Waals surface area contributed by atoms with Crippen molar-refractivity contribution in [2.75, 3.05) is 18.5 Å². The number of aliphatic hydroxyl groups excluding tert-OH is 1. The first-order valence-electron chi connectivity index (χ1n) is 8.53. The molecule has 0 aliphatic carbocycles. The third kappa shape index (κ3) is 5.28. The summed E-state index contributed by atoms with van der Waals surface area (Å²) < 4.78 is 10.6. The molecule has 0 saturated carbocycles. The summed E-state index contributed by atoms with van der Waals surface area (Å²) in [5.74, 6) is 0.0631. The lowest BCUT2D eigenvalue weighted by Gasteiger charge is -2.12. The molecule has 1 atom stereocenters. The summed E-state index contributed by atoms with van der Waals surface area (Å²) in [6.07, 6.45) is 1.94. The molecule has 0 spiro atoms. The Labute approximate surface area is 155 Å². The Morgan fingerprint density at radius 1 is 1.19 bits per heavy atom. The SMILES string of the molecule is O=c1[nH]c2ccc(OCC(O)CCCCNc3ccc(Cl)cc3)cc2o1. The molecule has 0 aliphatic rings. The van der Waals surface area contributed by atoms with Crippen LogP contribution in [0.3, 0.4) is 0 Å². The van der Waals surface area contributed by atoms with Crippen LogP contribution in [0.25, 0.3) is 11.1 Å². The molecule has 0 aliphatic heterocycles. The number of hydrogen-bond donors (Lipinski definition) is 3. The van der Waals surface area contributed by atoms with Gasteiger partial charge in [-0.05, 0) is 55.7 Å². The van der Waals surface area contributed by atoms with E-state index in [1.165, 1.54) is 0 Å². The molecule has 138 valence electrons. The van der Waals surface area contributed by atoms with Gasteiger partial charge < -0.3 is 19.6 Å². The second-order valence-corrected chi connectivity index (χ2v) is 6.50. The maximum absolute atomic E-state index is 11.1. The van der Waals surface area contributed by atoms with Crippen molar-refractivity contribution in [1.82, 2.24) is 4.98 Å². The van der Waals surface area contributed by atoms with E-state index >= 15 is 0 Å². The van der Waals surface area contributed by atoms with E-state index in [4.69, 9.17) is 20.8 Å². The zero-order chi connectivity index (χ0) is 18.4. The average Bonchev–Trinajstić information content (AvgIpc) is 3.00. The number of fused-ring (bicyclic) bond motifs is 1. The molecule has 0 bridgehead atoms. The van der Waals surface area contributed by atoms with Gasteiger partial charge in [0.15, 0.2) is 5.58 Å². The lowest BCUT2D eigenvalue weighted by molar-refractivity contribution is 0.0979. The molecule has 0 amide bonds. The van der Waals surface area contributed by atoms with E-state index in [9.17, 15) is 9.90 Å². The van der Waals surface area contributed by atoms with Gasteiger partial charge in [-0.3, -0.25) is 4.98 Å². The van der Waals surface area contributed by atoms with Gasteiger partial charge in [0.1, 0.15) is 12.4 Å². The number of H-pyrrole nitrogens is 1. The average molecular weight is 377 g/mol. The number of unbranched alkanes of at least 4 members (excludes halogenated alkanes) is 1. The molecule has 3 rings (SSSR count). The fourth-order valence-corrected chi connectivity index (χ4v) is 2.72. The van der Waals surface area contributed by atoms with Gasteiger partial charge in [0.2, 0.25) is 0 Å². The Morgan fingerprint density at radius 2 is 2.00 bits per heavy atom. The third-order valence-electron chi connectivity index (χ3n) is 3.97. The Balaban J connectivity index is 1.33. The van der Waals surface area contributed by atoms with Crippen molar-refractivity contribution in [3.63, 3.8) is 0 Å². The minimum absolute atomic E-state index is 0.199. The van der Waals surface area contributed by atoms with Crippen LogP contribution in [0.15, 0.2) is 51.7 Å². The highest BCUT2D eigenvalue weighted by molar-refractivity contribution is 6.30. The highest BCUT2D eigenvalue weighted by Gasteiger charge is 2.07. The first-order valence-corrected chi connectivity index (χ1v) is 8.91. The molecule has 1 aromatic heterocycles. The molecule has 3 aromatic rings. The summed E-state index contributed by atoms with van der Waals surface area (Å²) in [5.41, 5.74) is 2.09. The molecule has 0 radical (unpaired) electrons. The Kier molecular flexibility index (Phi) is 6.20. The zero-order valence-corrected chi connectivity index (χ0v) is 15.0. The molecule has 3 N–H and O–H groups in total. The van der Waals surface area contributed by atoms with Crippen LogP contribution in [-0.4, -0.2) is 29.3 Å². The number of aliphatic hydroxyl groups is 1. The van der Waals surface area contributed by atoms with Crippen LogP contribution >= 0.6 is 11.6 Å². The lowest BCUT2D eigenvalue weighted by Crippen LogP contribution is -2.17. The lowest BCUT2D eigenvalue weighted by atomic mass is 10.1. The number of ether oxygens (including phenoxy) is 1. The van der Waals surface area contributed by atoms with Gasteiger partial charge in [0.05, 0.1) is 11.6 Å². The number of rotatable bonds is 9. The minimum atomic E-state index is -0.542. The van der Waals surface area contributed by atoms with Crippen molar-refractivity contribution in [1.29, 1.82) is 0 Å². The van der Waals surface area contributed by atoms with E-state index in [2.05, 4.69) is 10.3 Å². The number of anilines is 1. The number of hydrogen-bond acceptors (Lipinski definition) is 5. The highest BCUT2D eigenvalue weighted by atomic mass is 35.5. The van der Waals surface area contributed by atoms with Gasteiger partial charge in [-0.2, -0.15) is 0 Å². The molecule has 0 saturated heterocycles. The number of benzene rings is 2. The Bertz CT molecular complexity index is 888. The second kappa shape index (κ2) is 8.78. The van der Waals surface area contributed by atoms with Crippen molar-refractivity contribution in [2.45, 2.75) is 25.4 Å². The van der Waals surface area contributed by atoms with E-state index in [-0.39, 0.29) is 6.61 Å². The van der Waals surface area contributed by atoms with E-state index in [0.29, 0.717) is 23.3 Å². The predicted octanol–water partition coefficient (Wildman–Crippen LogP) is 3.80. The fraction of sp³-hybridized carbons (Fsp3) is 0.316. The molecule has 7 heteroatoms. The maximum Gasteiger partial charge on any atom is 0.417 e. The van der Waals surface area contributed by atoms with Gasteiger partial charge in [-0.15, -0.1) is 0 Å². The molecule has 6 nitrogen and oxygen atoms in total. The Morgan fingerprint density at radius 3 is 2.81 bits per heavy atom. The number of oxazole rings is 1. The standard InChI is InChI=1S/C19H21ClN2O4/c20-13-4-6-14(7-5-13)21-10-2-1-3-15(23)12-25-16-8-9-17-18(11-16)26-19(24)22-17/h4-9,11,15,21,23H,1-3,10,12H2,(H,22,24). The van der Waals surface area contributed by atoms with Gasteiger partial charge in [0.25, 0.3) is 0 Å². The smallest absolute Gasteiger partial charge is 0.417 e. The number of aromatic amines is 1. The molecule has 0 fully saturated rings. The van der Waals surface area contributed by atoms with Gasteiger partial charge in [-0.25, -0.2) is 4.79 Å². The monoisotopic (exact) mass is 376 g/mol. The molecule has 2 aromatic carbocycles. The summed E-state index contributed by atoms with van der Waals surface area (Å²) >= 11 is 5.85. The number of aromatic nitrogens is 1. The van der Waals surface area contributed by atoms with Crippen molar-refractivity contribution >= 4 is 28.4 Å². The van der Waals surface area contributed by atoms with E-state index in [1.807, 2.05) is 24.3 Å². The van der Waals surface area contributed by atoms with E-state index in [0.717, 1.165) is 30.1 Å². The van der Waals surface area contributed by atoms with Crippen molar-refractivity contribution in [3.05, 3.63) is 58.0 Å². The van der Waals surface area contributed by atoms with Crippen LogP contribution in [0.1, 0.15) is 19.3 Å². The normalized spacial score (nSPS) is 12.2. The third-order valence-corrected chi connectivity index (χ3v) is 4.22. The highest BCUT2D eigenvalue weighted by Crippen LogP contribution is 2.19. The largest absolute Gasteiger partial charge is 0.491 e. The summed E-state index contributed by atoms with van der Waals surface area (Å²) in [4.78, 5) is 13.7. The molecule has 26 heavy (non-hydrogen) atoms. The van der Waals surface area contributed by atoms with Crippen LogP contribution in [0.5, 0.6) is 5.75 Å². The quantitative estimate of drug-likeness (QED) is 0.494. The van der Waals surface area contributed by atoms with Gasteiger partial charge >= 0.3 is 5.76 Å². The predicted molar refractivity (Wildman–Crippen MR) is 102 cm³/mol. The summed E-state index contributed by atoms with van der Waals surface area (Å²) in [6.45, 7) is 1.03. The second-order valence-electron chi connectivity index (χ2n) is 6.07. The first kappa shape index (κ1) is 18.4. The van der Waals surface area contributed by atoms with Crippen LogP contribution < -0.4 is 15.8 Å². The molecule has 1 heterocycles.